The van der Waals surface area contributed by atoms with E-state index in [-0.39, 0.29) is 0 Å². The van der Waals surface area contributed by atoms with Crippen LogP contribution in [-0.2, 0) is 9.53 Å². The minimum Gasteiger partial charge on any atom is -0.444 e. The second-order valence-corrected chi connectivity index (χ2v) is 7.01. The van der Waals surface area contributed by atoms with Crippen LogP contribution in [0.25, 0.3) is 11.0 Å². The Balaban J connectivity index is 1.62. The fourth-order valence-corrected chi connectivity index (χ4v) is 3.26. The van der Waals surface area contributed by atoms with Crippen molar-refractivity contribution in [1.82, 2.24) is 0 Å². The Morgan fingerprint density at radius 2 is 1.58 bits per heavy atom. The van der Waals surface area contributed by atoms with Gasteiger partial charge in [-0.15, -0.1) is 0 Å². The van der Waals surface area contributed by atoms with E-state index in [0.29, 0.717) is 22.4 Å². The van der Waals surface area contributed by atoms with Gasteiger partial charge in [-0.3, -0.25) is 4.79 Å². The summed E-state index contributed by atoms with van der Waals surface area (Å²) < 4.78 is 10.8. The summed E-state index contributed by atoms with van der Waals surface area (Å²) in [6.45, 7) is 1.81. The molecule has 0 saturated carbocycles. The number of rotatable bonds is 5. The van der Waals surface area contributed by atoms with Gasteiger partial charge >= 0.3 is 11.6 Å². The van der Waals surface area contributed by atoms with Gasteiger partial charge in [-0.2, -0.15) is 0 Å². The number of anilines is 1. The van der Waals surface area contributed by atoms with Crippen LogP contribution < -0.4 is 10.9 Å². The minimum atomic E-state index is -1.16. The molecule has 0 aliphatic rings. The maximum Gasteiger partial charge on any atom is 0.339 e. The summed E-state index contributed by atoms with van der Waals surface area (Å²) in [7, 11) is 0. The molecule has 0 spiro atoms. The van der Waals surface area contributed by atoms with Gasteiger partial charge in [-0.1, -0.05) is 48.5 Å². The molecule has 1 unspecified atom stereocenters. The molecule has 1 N–H and O–H groups in total. The average Bonchev–Trinajstić information content (AvgIpc) is 2.78. The molecule has 0 aliphatic heterocycles. The van der Waals surface area contributed by atoms with Crippen LogP contribution in [-0.4, -0.2) is 11.9 Å². The number of aryl methyl sites for hydroxylation is 1. The van der Waals surface area contributed by atoms with Gasteiger partial charge in [0.2, 0.25) is 6.10 Å². The van der Waals surface area contributed by atoms with Crippen LogP contribution in [0.15, 0.2) is 94.1 Å². The number of ether oxygens (including phenoxy) is 1. The second kappa shape index (κ2) is 8.67. The minimum absolute atomic E-state index is 0.346. The predicted molar refractivity (Wildman–Crippen MR) is 117 cm³/mol. The van der Waals surface area contributed by atoms with Crippen LogP contribution in [0.1, 0.15) is 27.6 Å². The van der Waals surface area contributed by atoms with E-state index >= 15 is 0 Å². The normalized spacial score (nSPS) is 11.6. The highest BCUT2D eigenvalue weighted by Crippen LogP contribution is 2.24. The molecule has 4 rings (SSSR count). The molecule has 4 aromatic rings. The summed E-state index contributed by atoms with van der Waals surface area (Å²) >= 11 is 0. The molecular formula is C25H19NO5. The molecule has 0 saturated heterocycles. The molecular weight excluding hydrogens is 394 g/mol. The molecule has 1 heterocycles. The summed E-state index contributed by atoms with van der Waals surface area (Å²) in [5.74, 6) is -1.13. The lowest BCUT2D eigenvalue weighted by atomic mass is 10.1. The highest BCUT2D eigenvalue weighted by molar-refractivity contribution is 5.99. The number of benzene rings is 3. The number of fused-ring (bicyclic) bond motifs is 1. The van der Waals surface area contributed by atoms with Crippen LogP contribution in [0.5, 0.6) is 0 Å². The third-order valence-electron chi connectivity index (χ3n) is 4.79. The quantitative estimate of drug-likeness (QED) is 0.381. The monoisotopic (exact) mass is 413 g/mol. The number of carbonyl (C=O) groups is 2. The Labute approximate surface area is 178 Å². The largest absolute Gasteiger partial charge is 0.444 e. The molecule has 31 heavy (non-hydrogen) atoms. The molecule has 3 aromatic carbocycles. The predicted octanol–water partition coefficient (Wildman–Crippen LogP) is 4.64. The van der Waals surface area contributed by atoms with Crippen molar-refractivity contribution >= 4 is 28.5 Å². The van der Waals surface area contributed by atoms with Gasteiger partial charge < -0.3 is 14.5 Å². The van der Waals surface area contributed by atoms with E-state index < -0.39 is 23.6 Å². The lowest BCUT2D eigenvalue weighted by Crippen LogP contribution is -2.26. The number of esters is 1. The smallest absolute Gasteiger partial charge is 0.339 e. The van der Waals surface area contributed by atoms with Crippen molar-refractivity contribution in [2.24, 2.45) is 0 Å². The zero-order valence-corrected chi connectivity index (χ0v) is 16.7. The zero-order valence-electron chi connectivity index (χ0n) is 16.7. The summed E-state index contributed by atoms with van der Waals surface area (Å²) in [5, 5.41) is 3.52. The zero-order chi connectivity index (χ0) is 21.8. The Bertz CT molecular complexity index is 1300. The maximum absolute atomic E-state index is 13.1. The first-order valence-corrected chi connectivity index (χ1v) is 9.67. The van der Waals surface area contributed by atoms with Crippen molar-refractivity contribution in [2.45, 2.75) is 13.0 Å². The summed E-state index contributed by atoms with van der Waals surface area (Å²) in [6.07, 6.45) is -1.16. The molecule has 1 amide bonds. The van der Waals surface area contributed by atoms with Crippen LogP contribution in [0.2, 0.25) is 0 Å². The Morgan fingerprint density at radius 1 is 0.903 bits per heavy atom. The molecule has 6 heteroatoms. The third kappa shape index (κ3) is 4.53. The van der Waals surface area contributed by atoms with Gasteiger partial charge in [0.1, 0.15) is 5.58 Å². The van der Waals surface area contributed by atoms with E-state index in [4.69, 9.17) is 9.15 Å². The molecule has 6 nitrogen and oxygen atoms in total. The lowest BCUT2D eigenvalue weighted by Gasteiger charge is -2.18. The van der Waals surface area contributed by atoms with Crippen LogP contribution in [0, 0.1) is 6.92 Å². The molecule has 1 aromatic heterocycles. The van der Waals surface area contributed by atoms with Crippen LogP contribution in [0.4, 0.5) is 5.69 Å². The van der Waals surface area contributed by atoms with Crippen LogP contribution >= 0.6 is 0 Å². The van der Waals surface area contributed by atoms with Crippen molar-refractivity contribution < 1.29 is 18.7 Å². The summed E-state index contributed by atoms with van der Waals surface area (Å²) in [5.41, 5.74) is 1.98. The Hall–Kier alpha value is -4.19. The standard InChI is InChI=1S/C25H19NO5/c1-16-14-22(27)30-21-15-19(12-13-20(16)21)26-24(28)23(17-8-4-2-5-9-17)31-25(29)18-10-6-3-7-11-18/h2-15,23H,1H3,(H,26,28). The first-order valence-electron chi connectivity index (χ1n) is 9.67. The third-order valence-corrected chi connectivity index (χ3v) is 4.79. The van der Waals surface area contributed by atoms with Crippen molar-refractivity contribution in [1.29, 1.82) is 0 Å². The first kappa shape index (κ1) is 20.1. The van der Waals surface area contributed by atoms with E-state index in [1.807, 2.05) is 13.0 Å². The number of hydrogen-bond acceptors (Lipinski definition) is 5. The highest BCUT2D eigenvalue weighted by atomic mass is 16.5. The molecule has 1 atom stereocenters. The SMILES string of the molecule is Cc1cc(=O)oc2cc(NC(=O)C(OC(=O)c3ccccc3)c3ccccc3)ccc12. The topological polar surface area (TPSA) is 85.6 Å². The molecule has 0 radical (unpaired) electrons. The van der Waals surface area contributed by atoms with E-state index in [1.165, 1.54) is 6.07 Å². The molecule has 0 fully saturated rings. The van der Waals surface area contributed by atoms with Crippen molar-refractivity contribution in [3.8, 4) is 0 Å². The number of amides is 1. The summed E-state index contributed by atoms with van der Waals surface area (Å²) in [4.78, 5) is 37.3. The molecule has 0 bridgehead atoms. The van der Waals surface area contributed by atoms with Crippen molar-refractivity contribution in [3.63, 3.8) is 0 Å². The van der Waals surface area contributed by atoms with E-state index in [9.17, 15) is 14.4 Å². The van der Waals surface area contributed by atoms with Gasteiger partial charge in [0, 0.05) is 28.8 Å². The lowest BCUT2D eigenvalue weighted by molar-refractivity contribution is -0.125. The highest BCUT2D eigenvalue weighted by Gasteiger charge is 2.26. The molecule has 154 valence electrons. The fraction of sp³-hybridized carbons (Fsp3) is 0.0800. The molecule has 0 aliphatic carbocycles. The van der Waals surface area contributed by atoms with Gasteiger partial charge in [-0.25, -0.2) is 9.59 Å². The van der Waals surface area contributed by atoms with Crippen molar-refractivity contribution in [2.75, 3.05) is 5.32 Å². The fourth-order valence-electron chi connectivity index (χ4n) is 3.26. The summed E-state index contributed by atoms with van der Waals surface area (Å²) in [6, 6.07) is 23.7. The van der Waals surface area contributed by atoms with Crippen LogP contribution in [0.3, 0.4) is 0 Å². The maximum atomic E-state index is 13.1. The Morgan fingerprint density at radius 3 is 2.29 bits per heavy atom. The number of carbonyl (C=O) groups excluding carboxylic acids is 2. The van der Waals surface area contributed by atoms with E-state index in [2.05, 4.69) is 5.32 Å². The van der Waals surface area contributed by atoms with E-state index in [1.54, 1.807) is 72.8 Å². The van der Waals surface area contributed by atoms with Crippen molar-refractivity contribution in [3.05, 3.63) is 112 Å². The van der Waals surface area contributed by atoms with Gasteiger partial charge in [0.15, 0.2) is 0 Å². The van der Waals surface area contributed by atoms with Gasteiger partial charge in [-0.05, 0) is 36.8 Å². The van der Waals surface area contributed by atoms with Gasteiger partial charge in [0.05, 0.1) is 5.56 Å². The Kier molecular flexibility index (Phi) is 5.62. The average molecular weight is 413 g/mol. The van der Waals surface area contributed by atoms with Gasteiger partial charge in [0.25, 0.3) is 5.91 Å². The number of hydrogen-bond donors (Lipinski definition) is 1. The second-order valence-electron chi connectivity index (χ2n) is 7.01. The first-order chi connectivity index (χ1) is 15.0. The number of nitrogens with one attached hydrogen (secondary N) is 1. The van der Waals surface area contributed by atoms with E-state index in [0.717, 1.165) is 10.9 Å².